The van der Waals surface area contributed by atoms with E-state index in [1.165, 1.54) is 12.0 Å². The van der Waals surface area contributed by atoms with E-state index in [0.717, 1.165) is 11.3 Å². The second-order valence-electron chi connectivity index (χ2n) is 5.70. The van der Waals surface area contributed by atoms with Crippen LogP contribution in [0.15, 0.2) is 24.3 Å². The fraction of sp³-hybridized carbons (Fsp3) is 0.500. The number of methoxy groups -OCH3 is 2. The van der Waals surface area contributed by atoms with Crippen LogP contribution >= 0.6 is 0 Å². The van der Waals surface area contributed by atoms with E-state index in [0.29, 0.717) is 0 Å². The summed E-state index contributed by atoms with van der Waals surface area (Å²) in [4.78, 5) is 25.8. The number of hydrogen-bond acceptors (Lipinski definition) is 5. The van der Waals surface area contributed by atoms with Gasteiger partial charge in [-0.25, -0.2) is 4.79 Å². The van der Waals surface area contributed by atoms with Crippen LogP contribution in [0, 0.1) is 5.92 Å². The minimum Gasteiger partial charge on any atom is -0.497 e. The number of likely N-dealkylation sites (tertiary alicyclic amines) is 1. The van der Waals surface area contributed by atoms with E-state index >= 15 is 0 Å². The van der Waals surface area contributed by atoms with Crippen molar-refractivity contribution in [3.63, 3.8) is 0 Å². The van der Waals surface area contributed by atoms with E-state index in [-0.39, 0.29) is 17.9 Å². The largest absolute Gasteiger partial charge is 0.497 e. The summed E-state index contributed by atoms with van der Waals surface area (Å²) in [5.41, 5.74) is 6.84. The zero-order chi connectivity index (χ0) is 16.4. The smallest absolute Gasteiger partial charge is 0.328 e. The molecule has 22 heavy (non-hydrogen) atoms. The molecule has 1 saturated heterocycles. The van der Waals surface area contributed by atoms with Crippen molar-refractivity contribution < 1.29 is 19.1 Å². The molecule has 2 rings (SSSR count). The first kappa shape index (κ1) is 16.3. The predicted octanol–water partition coefficient (Wildman–Crippen LogP) is 1.10. The zero-order valence-corrected chi connectivity index (χ0v) is 13.3. The Labute approximate surface area is 130 Å². The number of benzene rings is 1. The topological polar surface area (TPSA) is 81.9 Å². The number of carbonyl (C=O) groups is 2. The van der Waals surface area contributed by atoms with Crippen molar-refractivity contribution in [2.45, 2.75) is 32.0 Å². The Kier molecular flexibility index (Phi) is 4.71. The average Bonchev–Trinajstić information content (AvgIpc) is 2.53. The van der Waals surface area contributed by atoms with Gasteiger partial charge in [0.2, 0.25) is 5.91 Å². The highest BCUT2D eigenvalue weighted by molar-refractivity contribution is 5.94. The van der Waals surface area contributed by atoms with Crippen LogP contribution < -0.4 is 10.5 Å². The zero-order valence-electron chi connectivity index (χ0n) is 13.3. The Morgan fingerprint density at radius 1 is 1.23 bits per heavy atom. The molecule has 0 aromatic heterocycles. The summed E-state index contributed by atoms with van der Waals surface area (Å²) in [7, 11) is 2.91. The van der Waals surface area contributed by atoms with E-state index in [2.05, 4.69) is 0 Å². The third-order valence-electron chi connectivity index (χ3n) is 4.01. The molecule has 0 saturated carbocycles. The highest BCUT2D eigenvalue weighted by Crippen LogP contribution is 2.38. The van der Waals surface area contributed by atoms with E-state index < -0.39 is 18.1 Å². The van der Waals surface area contributed by atoms with Gasteiger partial charge in [-0.05, 0) is 23.6 Å². The number of esters is 1. The molecule has 1 amide bonds. The maximum absolute atomic E-state index is 12.2. The third kappa shape index (κ3) is 2.66. The van der Waals surface area contributed by atoms with Gasteiger partial charge < -0.3 is 20.1 Å². The second kappa shape index (κ2) is 6.36. The van der Waals surface area contributed by atoms with Crippen LogP contribution in [0.5, 0.6) is 5.75 Å². The van der Waals surface area contributed by atoms with Gasteiger partial charge in [0.1, 0.15) is 17.8 Å². The summed E-state index contributed by atoms with van der Waals surface area (Å²) in [6.07, 6.45) is 0. The number of rotatable bonds is 5. The minimum absolute atomic E-state index is 0.0651. The Morgan fingerprint density at radius 2 is 1.82 bits per heavy atom. The van der Waals surface area contributed by atoms with Gasteiger partial charge in [-0.3, -0.25) is 4.79 Å². The van der Waals surface area contributed by atoms with Gasteiger partial charge >= 0.3 is 5.97 Å². The fourth-order valence-electron chi connectivity index (χ4n) is 2.84. The molecule has 0 spiro atoms. The van der Waals surface area contributed by atoms with E-state index in [4.69, 9.17) is 15.2 Å². The lowest BCUT2D eigenvalue weighted by atomic mass is 9.85. The van der Waals surface area contributed by atoms with Crippen molar-refractivity contribution >= 4 is 11.9 Å². The lowest BCUT2D eigenvalue weighted by Gasteiger charge is -2.49. The maximum Gasteiger partial charge on any atom is 0.328 e. The fourth-order valence-corrected chi connectivity index (χ4v) is 2.84. The summed E-state index contributed by atoms with van der Waals surface area (Å²) in [5, 5.41) is 0. The SMILES string of the molecule is COC(=O)[C@@H](C(C)C)N1C(=O)[C@@H](N)[C@@H]1c1ccc(OC)cc1. The van der Waals surface area contributed by atoms with Crippen LogP contribution in [0.1, 0.15) is 25.5 Å². The Bertz CT molecular complexity index is 556. The number of nitrogens with two attached hydrogens (primary N) is 1. The van der Waals surface area contributed by atoms with E-state index in [1.54, 1.807) is 7.11 Å². The van der Waals surface area contributed by atoms with Crippen molar-refractivity contribution in [1.29, 1.82) is 0 Å². The highest BCUT2D eigenvalue weighted by Gasteiger charge is 2.52. The van der Waals surface area contributed by atoms with Gasteiger partial charge in [0.25, 0.3) is 0 Å². The molecule has 1 aromatic carbocycles. The van der Waals surface area contributed by atoms with Crippen LogP contribution in [-0.2, 0) is 14.3 Å². The third-order valence-corrected chi connectivity index (χ3v) is 4.01. The Hall–Kier alpha value is -2.08. The van der Waals surface area contributed by atoms with Gasteiger partial charge in [0, 0.05) is 0 Å². The normalized spacial score (nSPS) is 22.3. The molecule has 1 aliphatic heterocycles. The number of hydrogen-bond donors (Lipinski definition) is 1. The molecule has 0 aliphatic carbocycles. The maximum atomic E-state index is 12.2. The molecule has 0 bridgehead atoms. The molecule has 1 aromatic rings. The number of amides is 1. The molecular formula is C16H22N2O4. The molecule has 0 unspecified atom stereocenters. The molecule has 1 aliphatic rings. The van der Waals surface area contributed by atoms with E-state index in [9.17, 15) is 9.59 Å². The summed E-state index contributed by atoms with van der Waals surface area (Å²) in [5.74, 6) is 0.00577. The van der Waals surface area contributed by atoms with Crippen molar-refractivity contribution in [3.05, 3.63) is 29.8 Å². The molecule has 6 nitrogen and oxygen atoms in total. The van der Waals surface area contributed by atoms with Gasteiger partial charge in [0.05, 0.1) is 20.3 Å². The van der Waals surface area contributed by atoms with Crippen molar-refractivity contribution in [2.24, 2.45) is 11.7 Å². The summed E-state index contributed by atoms with van der Waals surface area (Å²) < 4.78 is 9.97. The molecule has 120 valence electrons. The predicted molar refractivity (Wildman–Crippen MR) is 81.2 cm³/mol. The van der Waals surface area contributed by atoms with E-state index in [1.807, 2.05) is 38.1 Å². The minimum atomic E-state index is -0.640. The average molecular weight is 306 g/mol. The molecule has 1 heterocycles. The Balaban J connectivity index is 2.32. The van der Waals surface area contributed by atoms with Gasteiger partial charge in [-0.2, -0.15) is 0 Å². The molecule has 6 heteroatoms. The molecule has 2 N–H and O–H groups in total. The lowest BCUT2D eigenvalue weighted by Crippen LogP contribution is -2.68. The van der Waals surface area contributed by atoms with Crippen molar-refractivity contribution in [2.75, 3.05) is 14.2 Å². The molecule has 1 fully saturated rings. The Morgan fingerprint density at radius 3 is 2.27 bits per heavy atom. The number of ether oxygens (including phenoxy) is 2. The summed E-state index contributed by atoms with van der Waals surface area (Å²) in [6.45, 7) is 3.76. The first-order valence-corrected chi connectivity index (χ1v) is 7.22. The van der Waals surface area contributed by atoms with Crippen LogP contribution in [0.25, 0.3) is 0 Å². The van der Waals surface area contributed by atoms with Crippen molar-refractivity contribution in [3.8, 4) is 5.75 Å². The van der Waals surface area contributed by atoms with Gasteiger partial charge in [-0.1, -0.05) is 26.0 Å². The van der Waals surface area contributed by atoms with Crippen LogP contribution in [0.4, 0.5) is 0 Å². The number of carbonyl (C=O) groups excluding carboxylic acids is 2. The van der Waals surface area contributed by atoms with Crippen LogP contribution in [0.3, 0.4) is 0 Å². The molecular weight excluding hydrogens is 284 g/mol. The monoisotopic (exact) mass is 306 g/mol. The van der Waals surface area contributed by atoms with Gasteiger partial charge in [-0.15, -0.1) is 0 Å². The quantitative estimate of drug-likeness (QED) is 0.651. The first-order valence-electron chi connectivity index (χ1n) is 7.22. The summed E-state index contributed by atoms with van der Waals surface area (Å²) >= 11 is 0. The highest BCUT2D eigenvalue weighted by atomic mass is 16.5. The lowest BCUT2D eigenvalue weighted by molar-refractivity contribution is -0.168. The second-order valence-corrected chi connectivity index (χ2v) is 5.70. The first-order chi connectivity index (χ1) is 10.4. The summed E-state index contributed by atoms with van der Waals surface area (Å²) in [6, 6.07) is 5.74. The number of nitrogens with zero attached hydrogens (tertiary/aromatic N) is 1. The number of β-lactam (4-membered cyclic amide) rings is 1. The van der Waals surface area contributed by atoms with Crippen LogP contribution in [0.2, 0.25) is 0 Å². The molecule has 0 radical (unpaired) electrons. The van der Waals surface area contributed by atoms with Gasteiger partial charge in [0.15, 0.2) is 0 Å². The standard InChI is InChI=1S/C16H22N2O4/c1-9(2)13(16(20)22-4)18-14(12(17)15(18)19)10-5-7-11(21-3)8-6-10/h5-9,12-14H,17H2,1-4H3/t12-,13+,14-/m0/s1. The molecule has 3 atom stereocenters. The van der Waals surface area contributed by atoms with Crippen LogP contribution in [-0.4, -0.2) is 43.1 Å². The van der Waals surface area contributed by atoms with Crippen molar-refractivity contribution in [1.82, 2.24) is 4.90 Å².